The molecule has 0 aliphatic rings. The number of aromatic nitrogens is 2. The Bertz CT molecular complexity index is 1040. The highest BCUT2D eigenvalue weighted by Crippen LogP contribution is 2.28. The second kappa shape index (κ2) is 7.05. The van der Waals surface area contributed by atoms with Gasteiger partial charge in [-0.2, -0.15) is 0 Å². The van der Waals surface area contributed by atoms with E-state index in [-0.39, 0.29) is 5.91 Å². The van der Waals surface area contributed by atoms with Crippen molar-refractivity contribution in [1.82, 2.24) is 10.2 Å². The number of nitrogens with one attached hydrogen (secondary N) is 1. The standard InChI is InChI=1S/C19H15N3O3S/c1-12(26-19-22-21-18(25-19)16-10-5-11-24-16)17(23)20-15-9-4-7-13-6-2-3-8-14(13)15/h2-12H,1H3,(H,20,23)/t12-/m0/s1. The van der Waals surface area contributed by atoms with Crippen LogP contribution in [0.4, 0.5) is 5.69 Å². The van der Waals surface area contributed by atoms with E-state index in [0.29, 0.717) is 16.9 Å². The highest BCUT2D eigenvalue weighted by Gasteiger charge is 2.20. The van der Waals surface area contributed by atoms with E-state index in [2.05, 4.69) is 15.5 Å². The number of benzene rings is 2. The zero-order chi connectivity index (χ0) is 17.9. The van der Waals surface area contributed by atoms with E-state index in [1.165, 1.54) is 18.0 Å². The number of nitrogens with zero attached hydrogens (tertiary/aromatic N) is 2. The average molecular weight is 365 g/mol. The van der Waals surface area contributed by atoms with Gasteiger partial charge in [0.2, 0.25) is 5.91 Å². The van der Waals surface area contributed by atoms with E-state index >= 15 is 0 Å². The maximum absolute atomic E-state index is 12.6. The Morgan fingerprint density at radius 1 is 1.08 bits per heavy atom. The van der Waals surface area contributed by atoms with Crippen LogP contribution in [0.5, 0.6) is 0 Å². The van der Waals surface area contributed by atoms with Crippen molar-refractivity contribution in [3.63, 3.8) is 0 Å². The summed E-state index contributed by atoms with van der Waals surface area (Å²) in [5.41, 5.74) is 0.780. The van der Waals surface area contributed by atoms with Gasteiger partial charge in [-0.1, -0.05) is 48.2 Å². The fraction of sp³-hybridized carbons (Fsp3) is 0.105. The van der Waals surface area contributed by atoms with E-state index in [9.17, 15) is 4.79 Å². The third-order valence-corrected chi connectivity index (χ3v) is 4.77. The smallest absolute Gasteiger partial charge is 0.284 e. The molecule has 0 saturated heterocycles. The van der Waals surface area contributed by atoms with Crippen LogP contribution in [0.2, 0.25) is 0 Å². The molecule has 1 amide bonds. The van der Waals surface area contributed by atoms with E-state index in [4.69, 9.17) is 8.83 Å². The number of furan rings is 1. The van der Waals surface area contributed by atoms with Crippen molar-refractivity contribution >= 4 is 34.1 Å². The lowest BCUT2D eigenvalue weighted by Crippen LogP contribution is -2.22. The Balaban J connectivity index is 1.46. The third kappa shape index (κ3) is 3.34. The molecule has 6 nitrogen and oxygen atoms in total. The van der Waals surface area contributed by atoms with Crippen LogP contribution in [0, 0.1) is 0 Å². The molecule has 0 radical (unpaired) electrons. The molecule has 26 heavy (non-hydrogen) atoms. The van der Waals surface area contributed by atoms with Gasteiger partial charge in [0.15, 0.2) is 5.76 Å². The van der Waals surface area contributed by atoms with Crippen LogP contribution in [0.15, 0.2) is 74.9 Å². The molecule has 2 heterocycles. The van der Waals surface area contributed by atoms with Crippen molar-refractivity contribution < 1.29 is 13.6 Å². The van der Waals surface area contributed by atoms with Crippen LogP contribution in [-0.4, -0.2) is 21.4 Å². The third-order valence-electron chi connectivity index (χ3n) is 3.83. The number of hydrogen-bond acceptors (Lipinski definition) is 6. The van der Waals surface area contributed by atoms with Crippen molar-refractivity contribution in [1.29, 1.82) is 0 Å². The van der Waals surface area contributed by atoms with Crippen LogP contribution in [-0.2, 0) is 4.79 Å². The maximum atomic E-state index is 12.6. The van der Waals surface area contributed by atoms with Crippen LogP contribution >= 0.6 is 11.8 Å². The van der Waals surface area contributed by atoms with Crippen LogP contribution in [0.25, 0.3) is 22.4 Å². The summed E-state index contributed by atoms with van der Waals surface area (Å²) in [6.45, 7) is 1.79. The number of hydrogen-bond donors (Lipinski definition) is 1. The van der Waals surface area contributed by atoms with E-state index in [0.717, 1.165) is 16.5 Å². The number of carbonyl (C=O) groups is 1. The van der Waals surface area contributed by atoms with Gasteiger partial charge in [-0.3, -0.25) is 4.79 Å². The number of anilines is 1. The lowest BCUT2D eigenvalue weighted by Gasteiger charge is -2.12. The van der Waals surface area contributed by atoms with Gasteiger partial charge in [0.25, 0.3) is 11.1 Å². The molecule has 0 spiro atoms. The van der Waals surface area contributed by atoms with Gasteiger partial charge in [0, 0.05) is 11.1 Å². The minimum Gasteiger partial charge on any atom is -0.459 e. The van der Waals surface area contributed by atoms with Crippen LogP contribution in [0.1, 0.15) is 6.92 Å². The fourth-order valence-electron chi connectivity index (χ4n) is 2.53. The van der Waals surface area contributed by atoms with Gasteiger partial charge in [-0.05, 0) is 30.5 Å². The van der Waals surface area contributed by atoms with Crippen molar-refractivity contribution in [2.24, 2.45) is 0 Å². The Kier molecular flexibility index (Phi) is 4.45. The molecule has 130 valence electrons. The van der Waals surface area contributed by atoms with Gasteiger partial charge in [-0.15, -0.1) is 10.2 Å². The summed E-state index contributed by atoms with van der Waals surface area (Å²) < 4.78 is 10.8. The predicted molar refractivity (Wildman–Crippen MR) is 99.9 cm³/mol. The first-order valence-corrected chi connectivity index (χ1v) is 8.91. The minimum absolute atomic E-state index is 0.135. The maximum Gasteiger partial charge on any atom is 0.284 e. The summed E-state index contributed by atoms with van der Waals surface area (Å²) in [6, 6.07) is 17.2. The topological polar surface area (TPSA) is 81.2 Å². The molecule has 0 fully saturated rings. The second-order valence-corrected chi connectivity index (χ2v) is 6.92. The zero-order valence-corrected chi connectivity index (χ0v) is 14.7. The molecular formula is C19H15N3O3S. The van der Waals surface area contributed by atoms with Crippen molar-refractivity contribution in [2.75, 3.05) is 5.32 Å². The molecule has 7 heteroatoms. The van der Waals surface area contributed by atoms with E-state index in [1.54, 1.807) is 19.1 Å². The molecule has 4 rings (SSSR count). The summed E-state index contributed by atoms with van der Waals surface area (Å²) in [4.78, 5) is 12.6. The first-order chi connectivity index (χ1) is 12.7. The highest BCUT2D eigenvalue weighted by atomic mass is 32.2. The summed E-state index contributed by atoms with van der Waals surface area (Å²) in [7, 11) is 0. The largest absolute Gasteiger partial charge is 0.459 e. The first kappa shape index (κ1) is 16.4. The second-order valence-electron chi connectivity index (χ2n) is 5.63. The molecule has 4 aromatic rings. The number of fused-ring (bicyclic) bond motifs is 1. The Morgan fingerprint density at radius 2 is 1.92 bits per heavy atom. The van der Waals surface area contributed by atoms with Crippen molar-refractivity contribution in [2.45, 2.75) is 17.4 Å². The summed E-state index contributed by atoms with van der Waals surface area (Å²) >= 11 is 1.20. The number of rotatable bonds is 5. The lowest BCUT2D eigenvalue weighted by atomic mass is 10.1. The molecule has 0 saturated carbocycles. The summed E-state index contributed by atoms with van der Waals surface area (Å²) in [6.07, 6.45) is 1.53. The van der Waals surface area contributed by atoms with Crippen molar-refractivity contribution in [3.8, 4) is 11.7 Å². The molecule has 0 unspecified atom stereocenters. The van der Waals surface area contributed by atoms with Gasteiger partial charge in [0.1, 0.15) is 0 Å². The highest BCUT2D eigenvalue weighted by molar-refractivity contribution is 8.00. The van der Waals surface area contributed by atoms with E-state index < -0.39 is 5.25 Å². The molecule has 0 aliphatic carbocycles. The summed E-state index contributed by atoms with van der Waals surface area (Å²) in [5.74, 6) is 0.653. The molecule has 0 aliphatic heterocycles. The molecular weight excluding hydrogens is 350 g/mol. The van der Waals surface area contributed by atoms with Crippen LogP contribution in [0.3, 0.4) is 0 Å². The number of carbonyl (C=O) groups excluding carboxylic acids is 1. The van der Waals surface area contributed by atoms with Crippen molar-refractivity contribution in [3.05, 3.63) is 60.9 Å². The quantitative estimate of drug-likeness (QED) is 0.521. The average Bonchev–Trinajstić information content (AvgIpc) is 3.33. The summed E-state index contributed by atoms with van der Waals surface area (Å²) in [5, 5.41) is 12.8. The Hall–Kier alpha value is -3.06. The lowest BCUT2D eigenvalue weighted by molar-refractivity contribution is -0.115. The Morgan fingerprint density at radius 3 is 2.77 bits per heavy atom. The number of amides is 1. The molecule has 2 aromatic carbocycles. The number of thioether (sulfide) groups is 1. The first-order valence-electron chi connectivity index (χ1n) is 8.03. The molecule has 1 N–H and O–H groups in total. The normalized spacial score (nSPS) is 12.2. The SMILES string of the molecule is C[C@H](Sc1nnc(-c2ccco2)o1)C(=O)Nc1cccc2ccccc12. The Labute approximate surface area is 153 Å². The van der Waals surface area contributed by atoms with Crippen LogP contribution < -0.4 is 5.32 Å². The molecule has 1 atom stereocenters. The molecule has 2 aromatic heterocycles. The fourth-order valence-corrected chi connectivity index (χ4v) is 3.21. The molecule has 0 bridgehead atoms. The van der Waals surface area contributed by atoms with Gasteiger partial charge in [0.05, 0.1) is 11.5 Å². The predicted octanol–water partition coefficient (Wildman–Crippen LogP) is 4.60. The minimum atomic E-state index is -0.404. The van der Waals surface area contributed by atoms with Gasteiger partial charge in [-0.25, -0.2) is 0 Å². The monoisotopic (exact) mass is 365 g/mol. The van der Waals surface area contributed by atoms with E-state index in [1.807, 2.05) is 42.5 Å². The zero-order valence-electron chi connectivity index (χ0n) is 13.9. The van der Waals surface area contributed by atoms with Gasteiger partial charge >= 0.3 is 0 Å². The van der Waals surface area contributed by atoms with Gasteiger partial charge < -0.3 is 14.2 Å².